The lowest BCUT2D eigenvalue weighted by Gasteiger charge is -2.29. The number of ether oxygens (including phenoxy) is 1. The number of rotatable bonds is 5. The second-order valence-corrected chi connectivity index (χ2v) is 6.75. The van der Waals surface area contributed by atoms with E-state index in [9.17, 15) is 14.4 Å². The van der Waals surface area contributed by atoms with Crippen LogP contribution in [0.1, 0.15) is 38.4 Å². The Morgan fingerprint density at radius 3 is 2.76 bits per heavy atom. The topological polar surface area (TPSA) is 97.6 Å². The van der Waals surface area contributed by atoms with E-state index in [0.717, 1.165) is 25.3 Å². The Kier molecular flexibility index (Phi) is 7.24. The summed E-state index contributed by atoms with van der Waals surface area (Å²) in [6.07, 6.45) is 6.77. The summed E-state index contributed by atoms with van der Waals surface area (Å²) in [6, 6.07) is 2.86. The van der Waals surface area contributed by atoms with Gasteiger partial charge in [0, 0.05) is 12.1 Å². The van der Waals surface area contributed by atoms with E-state index in [1.54, 1.807) is 12.1 Å². The average Bonchev–Trinajstić information content (AvgIpc) is 2.98. The molecule has 1 fully saturated rings. The van der Waals surface area contributed by atoms with Crippen molar-refractivity contribution in [2.45, 2.75) is 38.6 Å². The van der Waals surface area contributed by atoms with Gasteiger partial charge >= 0.3 is 12.0 Å². The van der Waals surface area contributed by atoms with Gasteiger partial charge in [-0.25, -0.2) is 9.59 Å². The normalized spacial score (nSPS) is 20.2. The molecular weight excluding hydrogens is 392 g/mol. The fraction of sp³-hybridized carbons (Fsp3) is 0.471. The Morgan fingerprint density at radius 1 is 1.32 bits per heavy atom. The van der Waals surface area contributed by atoms with Crippen molar-refractivity contribution in [3.63, 3.8) is 0 Å². The number of furan rings is 1. The molecule has 0 spiro atoms. The van der Waals surface area contributed by atoms with Crippen LogP contribution >= 0.6 is 15.9 Å². The quantitative estimate of drug-likeness (QED) is 0.572. The van der Waals surface area contributed by atoms with E-state index in [4.69, 9.17) is 9.15 Å². The van der Waals surface area contributed by atoms with Crippen LogP contribution in [0.2, 0.25) is 0 Å². The summed E-state index contributed by atoms with van der Waals surface area (Å²) < 4.78 is 10.5. The lowest BCUT2D eigenvalue weighted by Crippen LogP contribution is -2.48. The summed E-state index contributed by atoms with van der Waals surface area (Å²) in [6.45, 7) is 1.55. The Bertz CT molecular complexity index is 655. The summed E-state index contributed by atoms with van der Waals surface area (Å²) in [5, 5.41) is 4.96. The summed E-state index contributed by atoms with van der Waals surface area (Å²) in [5.74, 6) is -0.527. The van der Waals surface area contributed by atoms with Gasteiger partial charge in [-0.05, 0) is 52.9 Å². The van der Waals surface area contributed by atoms with Crippen molar-refractivity contribution < 1.29 is 23.5 Å². The summed E-state index contributed by atoms with van der Waals surface area (Å²) in [4.78, 5) is 35.0. The molecule has 136 valence electrons. The molecule has 0 saturated heterocycles. The van der Waals surface area contributed by atoms with Gasteiger partial charge in [0.2, 0.25) is 0 Å². The SMILES string of the molecule is C[C@H]1CCCC[C@H]1NC(=O)NC(=O)COC(=O)/C=C/c1ccc(Br)o1. The number of hydrogen-bond donors (Lipinski definition) is 2. The number of urea groups is 1. The number of carbonyl (C=O) groups is 3. The molecule has 3 amide bonds. The van der Waals surface area contributed by atoms with Gasteiger partial charge in [0.25, 0.3) is 5.91 Å². The molecule has 1 aromatic rings. The minimum absolute atomic E-state index is 0.0691. The van der Waals surface area contributed by atoms with E-state index in [0.29, 0.717) is 16.3 Å². The number of imide groups is 1. The molecule has 25 heavy (non-hydrogen) atoms. The molecule has 0 bridgehead atoms. The van der Waals surface area contributed by atoms with Crippen LogP contribution in [-0.2, 0) is 14.3 Å². The second kappa shape index (κ2) is 9.41. The summed E-state index contributed by atoms with van der Waals surface area (Å²) >= 11 is 3.14. The maximum Gasteiger partial charge on any atom is 0.331 e. The third-order valence-electron chi connectivity index (χ3n) is 4.00. The van der Waals surface area contributed by atoms with Crippen molar-refractivity contribution in [1.29, 1.82) is 0 Å². The first-order chi connectivity index (χ1) is 11.9. The highest BCUT2D eigenvalue weighted by Gasteiger charge is 2.23. The van der Waals surface area contributed by atoms with Crippen molar-refractivity contribution in [2.75, 3.05) is 6.61 Å². The predicted molar refractivity (Wildman–Crippen MR) is 94.5 cm³/mol. The van der Waals surface area contributed by atoms with E-state index < -0.39 is 24.5 Å². The molecule has 2 atom stereocenters. The van der Waals surface area contributed by atoms with Gasteiger partial charge < -0.3 is 14.5 Å². The van der Waals surface area contributed by atoms with Crippen LogP contribution in [0.4, 0.5) is 4.79 Å². The van der Waals surface area contributed by atoms with Crippen molar-refractivity contribution >= 4 is 39.9 Å². The number of halogens is 1. The van der Waals surface area contributed by atoms with Gasteiger partial charge in [0.05, 0.1) is 0 Å². The van der Waals surface area contributed by atoms with Gasteiger partial charge in [0.15, 0.2) is 11.3 Å². The molecule has 1 saturated carbocycles. The fourth-order valence-electron chi connectivity index (χ4n) is 2.65. The monoisotopic (exact) mass is 412 g/mol. The van der Waals surface area contributed by atoms with Crippen LogP contribution in [0.3, 0.4) is 0 Å². The largest absolute Gasteiger partial charge is 0.452 e. The van der Waals surface area contributed by atoms with Crippen molar-refractivity contribution in [3.8, 4) is 0 Å². The molecule has 1 aliphatic carbocycles. The minimum Gasteiger partial charge on any atom is -0.452 e. The Balaban J connectivity index is 1.68. The molecule has 0 radical (unpaired) electrons. The first-order valence-corrected chi connectivity index (χ1v) is 8.94. The number of carbonyl (C=O) groups excluding carboxylic acids is 3. The van der Waals surface area contributed by atoms with Crippen LogP contribution in [0, 0.1) is 5.92 Å². The van der Waals surface area contributed by atoms with E-state index in [-0.39, 0.29) is 6.04 Å². The molecular formula is C17H21BrN2O5. The minimum atomic E-state index is -0.705. The van der Waals surface area contributed by atoms with Crippen LogP contribution in [-0.4, -0.2) is 30.6 Å². The van der Waals surface area contributed by atoms with Crippen LogP contribution in [0.5, 0.6) is 0 Å². The zero-order valence-corrected chi connectivity index (χ0v) is 15.5. The fourth-order valence-corrected chi connectivity index (χ4v) is 2.97. The van der Waals surface area contributed by atoms with Crippen LogP contribution < -0.4 is 10.6 Å². The molecule has 1 aromatic heterocycles. The molecule has 0 aliphatic heterocycles. The highest BCUT2D eigenvalue weighted by Crippen LogP contribution is 2.23. The molecule has 8 heteroatoms. The maximum atomic E-state index is 11.8. The molecule has 2 rings (SSSR count). The van der Waals surface area contributed by atoms with Crippen LogP contribution in [0.15, 0.2) is 27.3 Å². The van der Waals surface area contributed by atoms with Gasteiger partial charge in [-0.15, -0.1) is 0 Å². The van der Waals surface area contributed by atoms with E-state index >= 15 is 0 Å². The third-order valence-corrected chi connectivity index (χ3v) is 4.43. The Morgan fingerprint density at radius 2 is 2.08 bits per heavy atom. The summed E-state index contributed by atoms with van der Waals surface area (Å²) in [7, 11) is 0. The summed E-state index contributed by atoms with van der Waals surface area (Å²) in [5.41, 5.74) is 0. The van der Waals surface area contributed by atoms with E-state index in [1.165, 1.54) is 12.5 Å². The maximum absolute atomic E-state index is 11.8. The van der Waals surface area contributed by atoms with Gasteiger partial charge in [-0.1, -0.05) is 19.8 Å². The zero-order chi connectivity index (χ0) is 18.2. The molecule has 1 heterocycles. The lowest BCUT2D eigenvalue weighted by atomic mass is 9.86. The van der Waals surface area contributed by atoms with Gasteiger partial charge in [-0.3, -0.25) is 10.1 Å². The highest BCUT2D eigenvalue weighted by atomic mass is 79.9. The number of amides is 3. The molecule has 0 unspecified atom stereocenters. The molecule has 0 aromatic carbocycles. The van der Waals surface area contributed by atoms with Crippen molar-refractivity contribution in [1.82, 2.24) is 10.6 Å². The number of hydrogen-bond acceptors (Lipinski definition) is 5. The lowest BCUT2D eigenvalue weighted by molar-refractivity contribution is -0.143. The van der Waals surface area contributed by atoms with Gasteiger partial charge in [0.1, 0.15) is 5.76 Å². The third kappa shape index (κ3) is 6.74. The van der Waals surface area contributed by atoms with Gasteiger partial charge in [-0.2, -0.15) is 0 Å². The molecule has 7 nitrogen and oxygen atoms in total. The number of esters is 1. The van der Waals surface area contributed by atoms with E-state index in [2.05, 4.69) is 33.5 Å². The van der Waals surface area contributed by atoms with Crippen LogP contribution in [0.25, 0.3) is 6.08 Å². The molecule has 2 N–H and O–H groups in total. The second-order valence-electron chi connectivity index (χ2n) is 5.97. The predicted octanol–water partition coefficient (Wildman–Crippen LogP) is 3.00. The smallest absolute Gasteiger partial charge is 0.331 e. The number of nitrogens with one attached hydrogen (secondary N) is 2. The van der Waals surface area contributed by atoms with Crippen molar-refractivity contribution in [2.24, 2.45) is 5.92 Å². The zero-order valence-electron chi connectivity index (χ0n) is 13.9. The van der Waals surface area contributed by atoms with Crippen molar-refractivity contribution in [3.05, 3.63) is 28.6 Å². The average molecular weight is 413 g/mol. The molecule has 1 aliphatic rings. The van der Waals surface area contributed by atoms with E-state index in [1.807, 2.05) is 0 Å². The Labute approximate surface area is 154 Å². The highest BCUT2D eigenvalue weighted by molar-refractivity contribution is 9.10. The Hall–Kier alpha value is -2.09. The first kappa shape index (κ1) is 19.2. The standard InChI is InChI=1S/C17H21BrN2O5/c1-11-4-2-3-5-13(11)19-17(23)20-15(21)10-24-16(22)9-7-12-6-8-14(18)25-12/h6-9,11,13H,2-5,10H2,1H3,(H2,19,20,21,23)/b9-7+/t11-,13+/m0/s1. The first-order valence-electron chi connectivity index (χ1n) is 8.14.